The van der Waals surface area contributed by atoms with Crippen LogP contribution in [-0.4, -0.2) is 27.1 Å². The van der Waals surface area contributed by atoms with Gasteiger partial charge in [-0.3, -0.25) is 14.3 Å². The number of nitrogens with zero attached hydrogens (tertiary/aromatic N) is 3. The molecular formula is C11H17N3O2. The van der Waals surface area contributed by atoms with E-state index in [-0.39, 0.29) is 11.2 Å². The molecule has 1 aromatic rings. The summed E-state index contributed by atoms with van der Waals surface area (Å²) in [6, 6.07) is 0. The average molecular weight is 223 g/mol. The summed E-state index contributed by atoms with van der Waals surface area (Å²) < 4.78 is 2.64. The average Bonchev–Trinajstić information content (AvgIpc) is 2.76. The molecule has 0 saturated carbocycles. The second-order valence-electron chi connectivity index (χ2n) is 4.40. The summed E-state index contributed by atoms with van der Waals surface area (Å²) in [5, 5.41) is 0. The minimum absolute atomic E-state index is 0.171. The van der Waals surface area contributed by atoms with Crippen molar-refractivity contribution in [2.45, 2.75) is 19.4 Å². The van der Waals surface area contributed by atoms with Crippen molar-refractivity contribution in [1.82, 2.24) is 14.0 Å². The van der Waals surface area contributed by atoms with Gasteiger partial charge in [-0.2, -0.15) is 0 Å². The van der Waals surface area contributed by atoms with Crippen LogP contribution in [0.3, 0.4) is 0 Å². The standard InChI is InChI=1S/C11H17N3O2/c1-12-7-9(8-14-5-3-4-6-14)10(15)13(2)11(12)16/h7H,3-6,8H2,1-2H3. The molecule has 0 unspecified atom stereocenters. The van der Waals surface area contributed by atoms with Gasteiger partial charge in [-0.1, -0.05) is 0 Å². The lowest BCUT2D eigenvalue weighted by molar-refractivity contribution is 0.327. The number of hydrogen-bond acceptors (Lipinski definition) is 3. The predicted molar refractivity (Wildman–Crippen MR) is 61.4 cm³/mol. The maximum Gasteiger partial charge on any atom is 0.330 e. The Kier molecular flexibility index (Phi) is 2.96. The van der Waals surface area contributed by atoms with Crippen molar-refractivity contribution >= 4 is 0 Å². The van der Waals surface area contributed by atoms with Crippen LogP contribution in [0.4, 0.5) is 0 Å². The molecule has 2 rings (SSSR count). The second-order valence-corrected chi connectivity index (χ2v) is 4.40. The maximum absolute atomic E-state index is 11.9. The summed E-state index contributed by atoms with van der Waals surface area (Å²) in [6.45, 7) is 2.75. The third-order valence-electron chi connectivity index (χ3n) is 3.11. The Morgan fingerprint density at radius 3 is 2.44 bits per heavy atom. The summed E-state index contributed by atoms with van der Waals surface area (Å²) in [5.74, 6) is 0. The fraction of sp³-hybridized carbons (Fsp3) is 0.636. The highest BCUT2D eigenvalue weighted by Gasteiger charge is 2.15. The molecular weight excluding hydrogens is 206 g/mol. The Morgan fingerprint density at radius 1 is 1.19 bits per heavy atom. The van der Waals surface area contributed by atoms with Crippen molar-refractivity contribution in [1.29, 1.82) is 0 Å². The van der Waals surface area contributed by atoms with E-state index >= 15 is 0 Å². The van der Waals surface area contributed by atoms with Crippen LogP contribution in [0.15, 0.2) is 15.8 Å². The molecule has 1 saturated heterocycles. The van der Waals surface area contributed by atoms with Gasteiger partial charge in [-0.05, 0) is 25.9 Å². The van der Waals surface area contributed by atoms with Crippen LogP contribution in [0, 0.1) is 0 Å². The largest absolute Gasteiger partial charge is 0.330 e. The molecule has 0 spiro atoms. The van der Waals surface area contributed by atoms with Gasteiger partial charge in [0.1, 0.15) is 0 Å². The molecule has 5 heteroatoms. The van der Waals surface area contributed by atoms with E-state index in [1.165, 1.54) is 29.0 Å². The van der Waals surface area contributed by atoms with Gasteiger partial charge < -0.3 is 4.57 Å². The summed E-state index contributed by atoms with van der Waals surface area (Å²) >= 11 is 0. The summed E-state index contributed by atoms with van der Waals surface area (Å²) in [5.41, 5.74) is 0.261. The lowest BCUT2D eigenvalue weighted by atomic mass is 10.3. The second kappa shape index (κ2) is 4.25. The van der Waals surface area contributed by atoms with Crippen molar-refractivity contribution in [2.75, 3.05) is 13.1 Å². The van der Waals surface area contributed by atoms with Crippen molar-refractivity contribution < 1.29 is 0 Å². The summed E-state index contributed by atoms with van der Waals surface area (Å²) in [7, 11) is 3.20. The lowest BCUT2D eigenvalue weighted by Gasteiger charge is -2.15. The van der Waals surface area contributed by atoms with Crippen molar-refractivity contribution in [3.05, 3.63) is 32.6 Å². The van der Waals surface area contributed by atoms with Gasteiger partial charge in [0.15, 0.2) is 0 Å². The molecule has 88 valence electrons. The summed E-state index contributed by atoms with van der Waals surface area (Å²) in [4.78, 5) is 25.6. The monoisotopic (exact) mass is 223 g/mol. The molecule has 2 heterocycles. The van der Waals surface area contributed by atoms with E-state index < -0.39 is 0 Å². The van der Waals surface area contributed by atoms with Crippen LogP contribution in [0.1, 0.15) is 18.4 Å². The first-order chi connectivity index (χ1) is 7.59. The van der Waals surface area contributed by atoms with Crippen LogP contribution in [0.25, 0.3) is 0 Å². The molecule has 0 bridgehead atoms. The van der Waals surface area contributed by atoms with Gasteiger partial charge in [0, 0.05) is 32.4 Å². The summed E-state index contributed by atoms with van der Waals surface area (Å²) in [6.07, 6.45) is 4.06. The SMILES string of the molecule is Cn1cc(CN2CCCC2)c(=O)n(C)c1=O. The fourth-order valence-electron chi connectivity index (χ4n) is 2.17. The molecule has 0 aliphatic carbocycles. The first-order valence-corrected chi connectivity index (χ1v) is 5.57. The van der Waals surface area contributed by atoms with Crippen LogP contribution >= 0.6 is 0 Å². The molecule has 16 heavy (non-hydrogen) atoms. The number of aryl methyl sites for hydroxylation is 1. The van der Waals surface area contributed by atoms with Crippen LogP contribution in [-0.2, 0) is 20.6 Å². The van der Waals surface area contributed by atoms with Gasteiger partial charge in [0.05, 0.1) is 0 Å². The molecule has 1 aliphatic heterocycles. The molecule has 1 aromatic heterocycles. The molecule has 0 radical (unpaired) electrons. The van der Waals surface area contributed by atoms with Crippen molar-refractivity contribution in [3.8, 4) is 0 Å². The van der Waals surface area contributed by atoms with Crippen molar-refractivity contribution in [2.24, 2.45) is 14.1 Å². The highest BCUT2D eigenvalue weighted by Crippen LogP contribution is 2.09. The zero-order valence-corrected chi connectivity index (χ0v) is 9.77. The van der Waals surface area contributed by atoms with Crippen molar-refractivity contribution in [3.63, 3.8) is 0 Å². The molecule has 5 nitrogen and oxygen atoms in total. The predicted octanol–water partition coefficient (Wildman–Crippen LogP) is -0.320. The van der Waals surface area contributed by atoms with Crippen LogP contribution < -0.4 is 11.2 Å². The van der Waals surface area contributed by atoms with Gasteiger partial charge in [0.25, 0.3) is 5.56 Å². The third kappa shape index (κ3) is 1.95. The Hall–Kier alpha value is -1.36. The fourth-order valence-corrected chi connectivity index (χ4v) is 2.17. The minimum atomic E-state index is -0.268. The lowest BCUT2D eigenvalue weighted by Crippen LogP contribution is -2.39. The van der Waals surface area contributed by atoms with E-state index in [2.05, 4.69) is 4.90 Å². The molecule has 0 atom stereocenters. The van der Waals surface area contributed by atoms with Gasteiger partial charge in [0.2, 0.25) is 0 Å². The van der Waals surface area contributed by atoms with Crippen LogP contribution in [0.2, 0.25) is 0 Å². The quantitative estimate of drug-likeness (QED) is 0.690. The van der Waals surface area contributed by atoms with Crippen LogP contribution in [0.5, 0.6) is 0 Å². The molecule has 0 amide bonds. The van der Waals surface area contributed by atoms with E-state index in [9.17, 15) is 9.59 Å². The number of aromatic nitrogens is 2. The first-order valence-electron chi connectivity index (χ1n) is 5.57. The maximum atomic E-state index is 11.9. The van der Waals surface area contributed by atoms with E-state index in [4.69, 9.17) is 0 Å². The molecule has 0 aromatic carbocycles. The Balaban J connectivity index is 2.34. The zero-order chi connectivity index (χ0) is 11.7. The Morgan fingerprint density at radius 2 is 1.81 bits per heavy atom. The number of likely N-dealkylation sites (tertiary alicyclic amines) is 1. The topological polar surface area (TPSA) is 47.2 Å². The van der Waals surface area contributed by atoms with E-state index in [1.807, 2.05) is 0 Å². The smallest absolute Gasteiger partial charge is 0.303 e. The Bertz CT molecular complexity index is 495. The highest BCUT2D eigenvalue weighted by molar-refractivity contribution is 5.05. The van der Waals surface area contributed by atoms with E-state index in [0.29, 0.717) is 12.1 Å². The molecule has 1 fully saturated rings. The number of rotatable bonds is 2. The van der Waals surface area contributed by atoms with E-state index in [1.54, 1.807) is 13.2 Å². The minimum Gasteiger partial charge on any atom is -0.303 e. The van der Waals surface area contributed by atoms with Gasteiger partial charge in [-0.25, -0.2) is 4.79 Å². The first kappa shape index (κ1) is 11.1. The number of hydrogen-bond donors (Lipinski definition) is 0. The van der Waals surface area contributed by atoms with E-state index in [0.717, 1.165) is 13.1 Å². The van der Waals surface area contributed by atoms with Gasteiger partial charge >= 0.3 is 5.69 Å². The highest BCUT2D eigenvalue weighted by atomic mass is 16.2. The molecule has 0 N–H and O–H groups in total. The Labute approximate surface area is 93.9 Å². The van der Waals surface area contributed by atoms with Gasteiger partial charge in [-0.15, -0.1) is 0 Å². The molecule has 1 aliphatic rings. The third-order valence-corrected chi connectivity index (χ3v) is 3.11. The zero-order valence-electron chi connectivity index (χ0n) is 9.77. The normalized spacial score (nSPS) is 16.9.